The van der Waals surface area contributed by atoms with Crippen LogP contribution in [0.15, 0.2) is 23.1 Å². The van der Waals surface area contributed by atoms with Crippen molar-refractivity contribution in [2.24, 2.45) is 0 Å². The molecular formula is C12H18N2O3S. The molecule has 0 saturated carbocycles. The summed E-state index contributed by atoms with van der Waals surface area (Å²) < 4.78 is 22.9. The fourth-order valence-corrected chi connectivity index (χ4v) is 2.07. The van der Waals surface area contributed by atoms with E-state index in [1.54, 1.807) is 0 Å². The molecule has 1 amide bonds. The van der Waals surface area contributed by atoms with Gasteiger partial charge in [0.1, 0.15) is 0 Å². The Bertz CT molecular complexity index is 552. The number of hydrogen-bond donors (Lipinski definition) is 2. The van der Waals surface area contributed by atoms with Gasteiger partial charge in [0.2, 0.25) is 0 Å². The van der Waals surface area contributed by atoms with E-state index in [2.05, 4.69) is 5.32 Å². The van der Waals surface area contributed by atoms with Crippen LogP contribution in [0.5, 0.6) is 0 Å². The van der Waals surface area contributed by atoms with E-state index >= 15 is 0 Å². The lowest BCUT2D eigenvalue weighted by Crippen LogP contribution is -2.32. The highest BCUT2D eigenvalue weighted by molar-refractivity contribution is 7.90. The average Bonchev–Trinajstić information content (AvgIpc) is 2.26. The zero-order chi connectivity index (χ0) is 13.9. The van der Waals surface area contributed by atoms with Gasteiger partial charge in [0, 0.05) is 23.5 Å². The summed E-state index contributed by atoms with van der Waals surface area (Å²) in [5.41, 5.74) is 6.13. The van der Waals surface area contributed by atoms with E-state index < -0.39 is 9.84 Å². The minimum atomic E-state index is -3.38. The van der Waals surface area contributed by atoms with Crippen molar-refractivity contribution in [2.75, 3.05) is 12.0 Å². The first-order valence-corrected chi connectivity index (χ1v) is 7.54. The summed E-state index contributed by atoms with van der Waals surface area (Å²) in [4.78, 5) is 11.9. The van der Waals surface area contributed by atoms with E-state index in [9.17, 15) is 13.2 Å². The number of rotatable bonds is 4. The van der Waals surface area contributed by atoms with Crippen LogP contribution in [-0.2, 0) is 9.84 Å². The van der Waals surface area contributed by atoms with Crippen molar-refractivity contribution in [1.29, 1.82) is 0 Å². The average molecular weight is 270 g/mol. The van der Waals surface area contributed by atoms with Crippen LogP contribution < -0.4 is 11.1 Å². The molecule has 0 fully saturated rings. The van der Waals surface area contributed by atoms with Crippen molar-refractivity contribution in [3.63, 3.8) is 0 Å². The number of benzene rings is 1. The summed E-state index contributed by atoms with van der Waals surface area (Å²) in [5, 5.41) is 2.76. The summed E-state index contributed by atoms with van der Waals surface area (Å²) in [5.74, 6) is -0.318. The van der Waals surface area contributed by atoms with E-state index in [1.165, 1.54) is 18.2 Å². The van der Waals surface area contributed by atoms with Gasteiger partial charge in [-0.1, -0.05) is 6.92 Å². The number of sulfone groups is 1. The van der Waals surface area contributed by atoms with Crippen molar-refractivity contribution in [3.05, 3.63) is 23.8 Å². The molecule has 1 aromatic rings. The largest absolute Gasteiger partial charge is 0.399 e. The highest BCUT2D eigenvalue weighted by Crippen LogP contribution is 2.17. The Morgan fingerprint density at radius 3 is 2.50 bits per heavy atom. The number of nitrogens with two attached hydrogens (primary N) is 1. The molecule has 0 heterocycles. The number of carbonyl (C=O) groups is 1. The van der Waals surface area contributed by atoms with Gasteiger partial charge in [-0.25, -0.2) is 8.42 Å². The maximum atomic E-state index is 11.9. The first-order valence-electron chi connectivity index (χ1n) is 5.65. The highest BCUT2D eigenvalue weighted by Gasteiger charge is 2.14. The minimum absolute atomic E-state index is 0.0283. The van der Waals surface area contributed by atoms with Crippen LogP contribution in [0.1, 0.15) is 30.6 Å². The zero-order valence-electron chi connectivity index (χ0n) is 10.7. The van der Waals surface area contributed by atoms with Crippen molar-refractivity contribution in [1.82, 2.24) is 5.32 Å². The Hall–Kier alpha value is -1.56. The molecule has 100 valence electrons. The van der Waals surface area contributed by atoms with Crippen LogP contribution in [0.4, 0.5) is 5.69 Å². The van der Waals surface area contributed by atoms with E-state index in [0.717, 1.165) is 12.7 Å². The van der Waals surface area contributed by atoms with Crippen LogP contribution >= 0.6 is 0 Å². The Labute approximate surface area is 107 Å². The van der Waals surface area contributed by atoms with Crippen LogP contribution in [0.25, 0.3) is 0 Å². The molecular weight excluding hydrogens is 252 g/mol. The van der Waals surface area contributed by atoms with E-state index in [1.807, 2.05) is 13.8 Å². The SMILES string of the molecule is CCC(C)NC(=O)c1cc(N)cc(S(C)(=O)=O)c1. The standard InChI is InChI=1S/C12H18N2O3S/c1-4-8(2)14-12(15)9-5-10(13)7-11(6-9)18(3,16)17/h5-8H,4,13H2,1-3H3,(H,14,15). The van der Waals surface area contributed by atoms with Gasteiger partial charge in [0.25, 0.3) is 5.91 Å². The fraction of sp³-hybridized carbons (Fsp3) is 0.417. The monoisotopic (exact) mass is 270 g/mol. The fourth-order valence-electron chi connectivity index (χ4n) is 1.38. The van der Waals surface area contributed by atoms with Crippen LogP contribution in [0.2, 0.25) is 0 Å². The number of carbonyl (C=O) groups excluding carboxylic acids is 1. The minimum Gasteiger partial charge on any atom is -0.399 e. The second-order valence-corrected chi connectivity index (χ2v) is 6.36. The van der Waals surface area contributed by atoms with Gasteiger partial charge in [-0.15, -0.1) is 0 Å². The van der Waals surface area contributed by atoms with Gasteiger partial charge in [-0.05, 0) is 31.5 Å². The van der Waals surface area contributed by atoms with Gasteiger partial charge >= 0.3 is 0 Å². The molecule has 0 aliphatic rings. The van der Waals surface area contributed by atoms with Gasteiger partial charge in [0.05, 0.1) is 4.90 Å². The lowest BCUT2D eigenvalue weighted by atomic mass is 10.1. The molecule has 0 radical (unpaired) electrons. The molecule has 0 saturated heterocycles. The van der Waals surface area contributed by atoms with Crippen LogP contribution in [0.3, 0.4) is 0 Å². The molecule has 1 atom stereocenters. The molecule has 1 unspecified atom stereocenters. The lowest BCUT2D eigenvalue weighted by molar-refractivity contribution is 0.0939. The Morgan fingerprint density at radius 1 is 1.39 bits per heavy atom. The van der Waals surface area contributed by atoms with Gasteiger partial charge in [-0.2, -0.15) is 0 Å². The highest BCUT2D eigenvalue weighted by atomic mass is 32.2. The Morgan fingerprint density at radius 2 is 2.00 bits per heavy atom. The maximum absolute atomic E-state index is 11.9. The number of amides is 1. The number of nitrogen functional groups attached to an aromatic ring is 1. The number of hydrogen-bond acceptors (Lipinski definition) is 4. The molecule has 6 heteroatoms. The summed E-state index contributed by atoms with van der Waals surface area (Å²) in [7, 11) is -3.38. The van der Waals surface area contributed by atoms with Crippen LogP contribution in [-0.4, -0.2) is 26.6 Å². The summed E-state index contributed by atoms with van der Waals surface area (Å²) in [6, 6.07) is 4.17. The van der Waals surface area contributed by atoms with Gasteiger partial charge in [-0.3, -0.25) is 4.79 Å². The van der Waals surface area contributed by atoms with Crippen LogP contribution in [0, 0.1) is 0 Å². The smallest absolute Gasteiger partial charge is 0.251 e. The molecule has 3 N–H and O–H groups in total. The number of nitrogens with one attached hydrogen (secondary N) is 1. The normalized spacial score (nSPS) is 13.1. The molecule has 0 aliphatic heterocycles. The zero-order valence-corrected chi connectivity index (χ0v) is 11.5. The predicted molar refractivity (Wildman–Crippen MR) is 71.2 cm³/mol. The van der Waals surface area contributed by atoms with E-state index in [4.69, 9.17) is 5.73 Å². The Balaban J connectivity index is 3.11. The van der Waals surface area contributed by atoms with Gasteiger partial charge < -0.3 is 11.1 Å². The summed E-state index contributed by atoms with van der Waals surface area (Å²) >= 11 is 0. The molecule has 18 heavy (non-hydrogen) atoms. The Kier molecular flexibility index (Phi) is 4.34. The van der Waals surface area contributed by atoms with E-state index in [0.29, 0.717) is 0 Å². The summed E-state index contributed by atoms with van der Waals surface area (Å²) in [6.45, 7) is 3.83. The van der Waals surface area contributed by atoms with Crippen molar-refractivity contribution in [2.45, 2.75) is 31.2 Å². The lowest BCUT2D eigenvalue weighted by Gasteiger charge is -2.12. The molecule has 0 bridgehead atoms. The predicted octanol–water partition coefficient (Wildman–Crippen LogP) is 1.20. The maximum Gasteiger partial charge on any atom is 0.251 e. The third kappa shape index (κ3) is 3.73. The molecule has 5 nitrogen and oxygen atoms in total. The van der Waals surface area contributed by atoms with Crippen molar-refractivity contribution < 1.29 is 13.2 Å². The summed E-state index contributed by atoms with van der Waals surface area (Å²) in [6.07, 6.45) is 1.88. The third-order valence-electron chi connectivity index (χ3n) is 2.61. The molecule has 0 aliphatic carbocycles. The quantitative estimate of drug-likeness (QED) is 0.804. The topological polar surface area (TPSA) is 89.3 Å². The molecule has 1 aromatic carbocycles. The third-order valence-corrected chi connectivity index (χ3v) is 3.70. The molecule has 1 rings (SSSR count). The van der Waals surface area contributed by atoms with Crippen molar-refractivity contribution >= 4 is 21.4 Å². The first kappa shape index (κ1) is 14.5. The van der Waals surface area contributed by atoms with Gasteiger partial charge in [0.15, 0.2) is 9.84 Å². The van der Waals surface area contributed by atoms with E-state index in [-0.39, 0.29) is 28.1 Å². The molecule has 0 spiro atoms. The van der Waals surface area contributed by atoms with Crippen molar-refractivity contribution in [3.8, 4) is 0 Å². The second-order valence-electron chi connectivity index (χ2n) is 4.35. The second kappa shape index (κ2) is 5.39. The number of anilines is 1. The first-order chi connectivity index (χ1) is 8.24. The molecule has 0 aromatic heterocycles.